The molecule has 5 aromatic rings. The lowest BCUT2D eigenvalue weighted by molar-refractivity contribution is -0.384. The molecule has 0 aromatic heterocycles. The van der Waals surface area contributed by atoms with Crippen LogP contribution in [0, 0.1) is 10.1 Å². The first-order chi connectivity index (χ1) is 28.7. The summed E-state index contributed by atoms with van der Waals surface area (Å²) in [5, 5.41) is 26.5. The molecule has 306 valence electrons. The highest BCUT2D eigenvalue weighted by atomic mass is 16.7. The van der Waals surface area contributed by atoms with E-state index in [1.54, 1.807) is 36.4 Å². The Labute approximate surface area is 343 Å². The van der Waals surface area contributed by atoms with Gasteiger partial charge in [0.05, 0.1) is 35.1 Å². The largest absolute Gasteiger partial charge is 0.397 e. The Morgan fingerprint density at radius 3 is 2.22 bits per heavy atom. The van der Waals surface area contributed by atoms with Crippen LogP contribution < -0.4 is 21.3 Å². The summed E-state index contributed by atoms with van der Waals surface area (Å²) in [6, 6.07) is 37.9. The molecule has 0 bridgehead atoms. The molecule has 0 saturated carbocycles. The number of aliphatic hydroxyl groups is 1. The molecule has 2 fully saturated rings. The zero-order valence-corrected chi connectivity index (χ0v) is 32.9. The van der Waals surface area contributed by atoms with E-state index in [9.17, 15) is 24.8 Å². The molecule has 13 nitrogen and oxygen atoms in total. The van der Waals surface area contributed by atoms with Crippen LogP contribution in [0.15, 0.2) is 121 Å². The number of aliphatic hydroxyl groups excluding tert-OH is 1. The van der Waals surface area contributed by atoms with Gasteiger partial charge in [-0.15, -0.1) is 0 Å². The Balaban J connectivity index is 0.969. The van der Waals surface area contributed by atoms with Crippen LogP contribution >= 0.6 is 0 Å². The van der Waals surface area contributed by atoms with Gasteiger partial charge in [0, 0.05) is 81.9 Å². The number of rotatable bonds is 15. The Hall–Kier alpha value is -6.12. The van der Waals surface area contributed by atoms with E-state index in [1.165, 1.54) is 0 Å². The summed E-state index contributed by atoms with van der Waals surface area (Å²) in [6.07, 6.45) is 0.567. The van der Waals surface area contributed by atoms with Crippen LogP contribution in [0.25, 0.3) is 11.1 Å². The van der Waals surface area contributed by atoms with Gasteiger partial charge in [0.25, 0.3) is 5.69 Å². The minimum atomic E-state index is -0.618. The summed E-state index contributed by atoms with van der Waals surface area (Å²) < 4.78 is 13.4. The minimum Gasteiger partial charge on any atom is -0.397 e. The molecule has 2 amide bonds. The van der Waals surface area contributed by atoms with Crippen molar-refractivity contribution in [1.29, 1.82) is 0 Å². The predicted octanol–water partition coefficient (Wildman–Crippen LogP) is 7.13. The Morgan fingerprint density at radius 2 is 1.49 bits per heavy atom. The summed E-state index contributed by atoms with van der Waals surface area (Å²) >= 11 is 0. The molecule has 0 aliphatic carbocycles. The van der Waals surface area contributed by atoms with Crippen LogP contribution in [-0.2, 0) is 32.2 Å². The minimum absolute atomic E-state index is 0.0292. The van der Waals surface area contributed by atoms with Gasteiger partial charge in [-0.25, -0.2) is 0 Å². The molecule has 0 unspecified atom stereocenters. The number of nitrogens with two attached hydrogens (primary N) is 1. The molecule has 2 saturated heterocycles. The highest BCUT2D eigenvalue weighted by Crippen LogP contribution is 2.39. The van der Waals surface area contributed by atoms with Crippen molar-refractivity contribution in [3.05, 3.63) is 154 Å². The van der Waals surface area contributed by atoms with Crippen molar-refractivity contribution in [1.82, 2.24) is 10.2 Å². The predicted molar refractivity (Wildman–Crippen MR) is 227 cm³/mol. The number of nitrogen functional groups attached to an aromatic ring is 1. The van der Waals surface area contributed by atoms with E-state index < -0.39 is 6.29 Å². The SMILES string of the molecule is Nc1ccccc1NC(=O)CCCC(=O)NCc1cccc(-c2cccc([C@H]3O[C@@H](CN4CCN(c5ccc([N+](=O)[O-])cc5)CC4)C[C@@H](c4ccc(CO)cc4)O3)c2)c1. The zero-order valence-electron chi connectivity index (χ0n) is 32.9. The number of ether oxygens (including phenoxy) is 2. The van der Waals surface area contributed by atoms with Gasteiger partial charge in [-0.2, -0.15) is 0 Å². The molecule has 2 heterocycles. The van der Waals surface area contributed by atoms with Gasteiger partial charge in [-0.1, -0.05) is 72.8 Å². The molecule has 2 aliphatic rings. The number of para-hydroxylation sites is 2. The van der Waals surface area contributed by atoms with Crippen molar-refractivity contribution >= 4 is 34.6 Å². The van der Waals surface area contributed by atoms with Crippen LogP contribution in [0.3, 0.4) is 0 Å². The molecular weight excluding hydrogens is 749 g/mol. The first kappa shape index (κ1) is 41.1. The number of piperazine rings is 1. The second-order valence-electron chi connectivity index (χ2n) is 15.0. The Morgan fingerprint density at radius 1 is 0.780 bits per heavy atom. The van der Waals surface area contributed by atoms with Crippen molar-refractivity contribution in [2.45, 2.75) is 57.3 Å². The molecule has 0 spiro atoms. The first-order valence-corrected chi connectivity index (χ1v) is 20.0. The third-order valence-corrected chi connectivity index (χ3v) is 10.8. The number of nitro benzene ring substituents is 1. The van der Waals surface area contributed by atoms with E-state index in [0.717, 1.165) is 71.8 Å². The third kappa shape index (κ3) is 11.1. The zero-order chi connectivity index (χ0) is 41.1. The monoisotopic (exact) mass is 798 g/mol. The molecule has 7 rings (SSSR count). The lowest BCUT2D eigenvalue weighted by Crippen LogP contribution is -2.49. The van der Waals surface area contributed by atoms with Crippen molar-refractivity contribution in [3.63, 3.8) is 0 Å². The van der Waals surface area contributed by atoms with Crippen molar-refractivity contribution in [3.8, 4) is 11.1 Å². The van der Waals surface area contributed by atoms with Crippen molar-refractivity contribution in [2.24, 2.45) is 0 Å². The van der Waals surface area contributed by atoms with Gasteiger partial charge in [-0.3, -0.25) is 24.6 Å². The van der Waals surface area contributed by atoms with E-state index in [2.05, 4.69) is 32.6 Å². The lowest BCUT2D eigenvalue weighted by Gasteiger charge is -2.41. The molecule has 59 heavy (non-hydrogen) atoms. The number of hydrogen-bond acceptors (Lipinski definition) is 10. The number of benzene rings is 5. The Kier molecular flexibility index (Phi) is 13.6. The number of non-ortho nitro benzene ring substituents is 1. The first-order valence-electron chi connectivity index (χ1n) is 20.0. The molecule has 0 radical (unpaired) electrons. The quantitative estimate of drug-likeness (QED) is 0.0485. The van der Waals surface area contributed by atoms with E-state index in [-0.39, 0.29) is 54.1 Å². The number of carbonyl (C=O) groups is 2. The fourth-order valence-corrected chi connectivity index (χ4v) is 7.54. The maximum Gasteiger partial charge on any atom is 0.269 e. The summed E-state index contributed by atoms with van der Waals surface area (Å²) in [7, 11) is 0. The van der Waals surface area contributed by atoms with Crippen LogP contribution in [0.2, 0.25) is 0 Å². The van der Waals surface area contributed by atoms with Gasteiger partial charge in [0.1, 0.15) is 0 Å². The number of hydrogen-bond donors (Lipinski definition) is 4. The van der Waals surface area contributed by atoms with E-state index in [0.29, 0.717) is 30.8 Å². The molecule has 5 aromatic carbocycles. The van der Waals surface area contributed by atoms with E-state index in [1.807, 2.05) is 72.8 Å². The molecular formula is C46H50N6O7. The van der Waals surface area contributed by atoms with Gasteiger partial charge < -0.3 is 35.8 Å². The van der Waals surface area contributed by atoms with Crippen LogP contribution in [0.1, 0.15) is 60.3 Å². The van der Waals surface area contributed by atoms with Gasteiger partial charge >= 0.3 is 0 Å². The number of nitrogens with zero attached hydrogens (tertiary/aromatic N) is 3. The third-order valence-electron chi connectivity index (χ3n) is 10.8. The van der Waals surface area contributed by atoms with Crippen molar-refractivity contribution in [2.75, 3.05) is 48.7 Å². The maximum absolute atomic E-state index is 12.7. The van der Waals surface area contributed by atoms with E-state index in [4.69, 9.17) is 15.2 Å². The molecule has 2 aliphatic heterocycles. The summed E-state index contributed by atoms with van der Waals surface area (Å²) in [5.74, 6) is -0.313. The number of nitrogens with one attached hydrogen (secondary N) is 2. The van der Waals surface area contributed by atoms with Crippen LogP contribution in [-0.4, -0.2) is 65.6 Å². The highest BCUT2D eigenvalue weighted by molar-refractivity contribution is 5.94. The molecule has 13 heteroatoms. The van der Waals surface area contributed by atoms with Gasteiger partial charge in [-0.05, 0) is 70.6 Å². The maximum atomic E-state index is 12.7. The summed E-state index contributed by atoms with van der Waals surface area (Å²) in [6.45, 7) is 4.30. The smallest absolute Gasteiger partial charge is 0.269 e. The second kappa shape index (κ2) is 19.6. The molecule has 3 atom stereocenters. The van der Waals surface area contributed by atoms with Crippen LogP contribution in [0.4, 0.5) is 22.7 Å². The summed E-state index contributed by atoms with van der Waals surface area (Å²) in [5.41, 5.74) is 13.7. The highest BCUT2D eigenvalue weighted by Gasteiger charge is 2.34. The number of carbonyl (C=O) groups excluding carboxylic acids is 2. The number of nitro groups is 1. The fraction of sp³-hybridized carbons (Fsp3) is 0.304. The van der Waals surface area contributed by atoms with Crippen molar-refractivity contribution < 1.29 is 29.1 Å². The fourth-order valence-electron chi connectivity index (χ4n) is 7.54. The number of anilines is 3. The average molecular weight is 799 g/mol. The van der Waals surface area contributed by atoms with Gasteiger partial charge in [0.2, 0.25) is 11.8 Å². The van der Waals surface area contributed by atoms with E-state index >= 15 is 0 Å². The normalized spacial score (nSPS) is 18.3. The summed E-state index contributed by atoms with van der Waals surface area (Å²) in [4.78, 5) is 40.4. The van der Waals surface area contributed by atoms with Gasteiger partial charge in [0.15, 0.2) is 6.29 Å². The number of amides is 2. The topological polar surface area (TPSA) is 173 Å². The second-order valence-corrected chi connectivity index (χ2v) is 15.0. The lowest BCUT2D eigenvalue weighted by atomic mass is 9.98. The molecule has 5 N–H and O–H groups in total. The average Bonchev–Trinajstić information content (AvgIpc) is 3.27. The van der Waals surface area contributed by atoms with Crippen LogP contribution in [0.5, 0.6) is 0 Å². The Bertz CT molecular complexity index is 2210. The standard InChI is InChI=1S/C46H50N6O7/c47-41-10-1-2-11-42(41)49-45(55)13-5-12-44(54)48-29-33-6-3-7-35(26-33)36-8-4-9-37(27-36)46-58-40(28-43(59-46)34-16-14-32(31-53)15-17-34)30-50-22-24-51(25-23-50)38-18-20-39(21-19-38)52(56)57/h1-4,6-11,14-21,26-27,40,43,46,53H,5,12-13,22-25,28-31,47H2,(H,48,54)(H,49,55)/t40-,43+,46+/m1/s1.